The first-order valence-electron chi connectivity index (χ1n) is 8.36. The van der Waals surface area contributed by atoms with Gasteiger partial charge in [0, 0.05) is 66.9 Å². The molecule has 2 aromatic carbocycles. The molecule has 0 unspecified atom stereocenters. The van der Waals surface area contributed by atoms with Crippen molar-refractivity contribution in [1.29, 1.82) is 0 Å². The Hall–Kier alpha value is -1.38. The quantitative estimate of drug-likeness (QED) is 0.358. The molecule has 2 nitrogen and oxygen atoms in total. The summed E-state index contributed by atoms with van der Waals surface area (Å²) >= 11 is 0. The van der Waals surface area contributed by atoms with Gasteiger partial charge in [-0.1, -0.05) is 62.3 Å². The third kappa shape index (κ3) is 4.24. The zero-order chi connectivity index (χ0) is 17.1. The Kier molecular flexibility index (Phi) is 7.04. The summed E-state index contributed by atoms with van der Waals surface area (Å²) in [6, 6.07) is 21.6. The third-order valence-corrected chi connectivity index (χ3v) is 4.19. The van der Waals surface area contributed by atoms with Crippen molar-refractivity contribution >= 4 is 21.8 Å². The van der Waals surface area contributed by atoms with Crippen LogP contribution < -0.4 is 0 Å². The standard InChI is InChI=1S/C15H14N.C7H10N.Y/c1-11(2)16-14-9-5-3-7-12(14)13-8-4-6-10-15(13)16;1-7(2)8-5-3-4-6-8;/h3-11H,1H2,2H3;3-7H,1H2,2H3;/q2*-1;/t11-;7-;/m11./s1. The molecule has 2 aromatic heterocycles. The maximum Gasteiger partial charge on any atom is 0.0468 e. The first-order valence-corrected chi connectivity index (χ1v) is 8.36. The molecule has 3 heteroatoms. The van der Waals surface area contributed by atoms with Gasteiger partial charge in [-0.3, -0.25) is 0 Å². The van der Waals surface area contributed by atoms with Crippen molar-refractivity contribution in [2.75, 3.05) is 0 Å². The monoisotopic (exact) mass is 405 g/mol. The average Bonchev–Trinajstić information content (AvgIpc) is 3.22. The van der Waals surface area contributed by atoms with Crippen LogP contribution in [0.3, 0.4) is 0 Å². The van der Waals surface area contributed by atoms with Crippen LogP contribution >= 0.6 is 0 Å². The van der Waals surface area contributed by atoms with E-state index >= 15 is 0 Å². The van der Waals surface area contributed by atoms with Crippen molar-refractivity contribution in [2.45, 2.75) is 25.9 Å². The predicted octanol–water partition coefficient (Wildman–Crippen LogP) is 6.07. The molecule has 4 rings (SSSR count). The minimum Gasteiger partial charge on any atom is -0.381 e. The Morgan fingerprint density at radius 2 is 1.12 bits per heavy atom. The number of rotatable bonds is 2. The Labute approximate surface area is 175 Å². The smallest absolute Gasteiger partial charge is 0.0468 e. The summed E-state index contributed by atoms with van der Waals surface area (Å²) in [6.45, 7) is 12.2. The van der Waals surface area contributed by atoms with Crippen LogP contribution in [0.5, 0.6) is 0 Å². The molecule has 1 radical (unpaired) electrons. The molecular formula is C22H24N2Y-2. The van der Waals surface area contributed by atoms with Gasteiger partial charge in [0.15, 0.2) is 0 Å². The predicted molar refractivity (Wildman–Crippen MR) is 104 cm³/mol. The van der Waals surface area contributed by atoms with Gasteiger partial charge in [0.2, 0.25) is 0 Å². The Morgan fingerprint density at radius 3 is 1.48 bits per heavy atom. The second-order valence-electron chi connectivity index (χ2n) is 6.23. The van der Waals surface area contributed by atoms with E-state index in [0.29, 0.717) is 6.04 Å². The molecule has 0 saturated heterocycles. The van der Waals surface area contributed by atoms with Crippen molar-refractivity contribution in [3.05, 3.63) is 86.9 Å². The zero-order valence-electron chi connectivity index (χ0n) is 15.0. The van der Waals surface area contributed by atoms with Gasteiger partial charge < -0.3 is 23.0 Å². The third-order valence-electron chi connectivity index (χ3n) is 4.19. The van der Waals surface area contributed by atoms with Crippen LogP contribution in [-0.4, -0.2) is 9.13 Å². The number of nitrogens with zero attached hydrogens (tertiary/aromatic N) is 2. The summed E-state index contributed by atoms with van der Waals surface area (Å²) in [7, 11) is 0. The molecule has 25 heavy (non-hydrogen) atoms. The van der Waals surface area contributed by atoms with Crippen molar-refractivity contribution in [2.24, 2.45) is 0 Å². The summed E-state index contributed by atoms with van der Waals surface area (Å²) in [4.78, 5) is 0. The van der Waals surface area contributed by atoms with Crippen LogP contribution in [0.25, 0.3) is 21.8 Å². The SMILES string of the molecule is [CH2-][C@H](C)n1c2ccccc2c2ccccc21.[CH2-][C@H](C)n1cccc1.[Y]. The van der Waals surface area contributed by atoms with E-state index in [4.69, 9.17) is 0 Å². The fourth-order valence-electron chi connectivity index (χ4n) is 3.07. The first kappa shape index (κ1) is 19.9. The molecule has 0 aliphatic carbocycles. The maximum atomic E-state index is 4.14. The van der Waals surface area contributed by atoms with E-state index in [9.17, 15) is 0 Å². The van der Waals surface area contributed by atoms with Crippen molar-refractivity contribution in [3.63, 3.8) is 0 Å². The van der Waals surface area contributed by atoms with Crippen LogP contribution in [0.2, 0.25) is 0 Å². The molecule has 0 spiro atoms. The van der Waals surface area contributed by atoms with Gasteiger partial charge in [-0.2, -0.15) is 0 Å². The topological polar surface area (TPSA) is 9.86 Å². The van der Waals surface area contributed by atoms with Crippen LogP contribution in [-0.2, 0) is 32.7 Å². The maximum absolute atomic E-state index is 4.14. The molecule has 0 fully saturated rings. The number of aromatic nitrogens is 2. The number of hydrogen-bond acceptors (Lipinski definition) is 0. The largest absolute Gasteiger partial charge is 0.381 e. The summed E-state index contributed by atoms with van der Waals surface area (Å²) in [6.07, 6.45) is 4.02. The molecule has 4 aromatic rings. The normalized spacial score (nSPS) is 13.0. The zero-order valence-corrected chi connectivity index (χ0v) is 17.8. The van der Waals surface area contributed by atoms with E-state index in [-0.39, 0.29) is 38.8 Å². The van der Waals surface area contributed by atoms with Gasteiger partial charge in [-0.15, -0.1) is 0 Å². The van der Waals surface area contributed by atoms with Crippen LogP contribution in [0.4, 0.5) is 0 Å². The second-order valence-corrected chi connectivity index (χ2v) is 6.23. The Balaban J connectivity index is 0.000000214. The number of para-hydroxylation sites is 2. The minimum absolute atomic E-state index is 0. The number of hydrogen-bond donors (Lipinski definition) is 0. The minimum atomic E-state index is 0. The molecule has 0 bridgehead atoms. The summed E-state index contributed by atoms with van der Waals surface area (Å²) in [5.41, 5.74) is 2.54. The molecule has 2 atom stereocenters. The Morgan fingerprint density at radius 1 is 0.680 bits per heavy atom. The van der Waals surface area contributed by atoms with E-state index in [1.54, 1.807) is 0 Å². The van der Waals surface area contributed by atoms with Crippen molar-refractivity contribution < 1.29 is 32.7 Å². The second kappa shape index (κ2) is 8.82. The molecule has 127 valence electrons. The number of fused-ring (bicyclic) bond motifs is 3. The average molecular weight is 405 g/mol. The van der Waals surface area contributed by atoms with E-state index in [0.717, 1.165) is 0 Å². The van der Waals surface area contributed by atoms with E-state index in [1.165, 1.54) is 21.8 Å². The van der Waals surface area contributed by atoms with Crippen LogP contribution in [0.15, 0.2) is 73.1 Å². The van der Waals surface area contributed by atoms with Crippen LogP contribution in [0.1, 0.15) is 25.9 Å². The number of benzene rings is 2. The van der Waals surface area contributed by atoms with E-state index in [2.05, 4.69) is 85.4 Å². The van der Waals surface area contributed by atoms with Crippen molar-refractivity contribution in [1.82, 2.24) is 9.13 Å². The van der Waals surface area contributed by atoms with Gasteiger partial charge in [0.25, 0.3) is 0 Å². The van der Waals surface area contributed by atoms with Gasteiger partial charge >= 0.3 is 0 Å². The Bertz CT molecular complexity index is 864. The molecule has 0 aliphatic rings. The van der Waals surface area contributed by atoms with Crippen LogP contribution in [0, 0.1) is 13.8 Å². The molecule has 0 aliphatic heterocycles. The van der Waals surface area contributed by atoms with Gasteiger partial charge in [0.1, 0.15) is 0 Å². The summed E-state index contributed by atoms with van der Waals surface area (Å²) in [5.74, 6) is 0. The fraction of sp³-hybridized carbons (Fsp3) is 0.182. The van der Waals surface area contributed by atoms with Gasteiger partial charge in [0.05, 0.1) is 0 Å². The summed E-state index contributed by atoms with van der Waals surface area (Å²) < 4.78 is 4.35. The molecule has 0 saturated carbocycles. The fourth-order valence-corrected chi connectivity index (χ4v) is 3.07. The van der Waals surface area contributed by atoms with Gasteiger partial charge in [-0.25, -0.2) is 0 Å². The van der Waals surface area contributed by atoms with E-state index < -0.39 is 0 Å². The summed E-state index contributed by atoms with van der Waals surface area (Å²) in [5, 5.41) is 2.63. The first-order chi connectivity index (χ1) is 11.6. The van der Waals surface area contributed by atoms with E-state index in [1.807, 2.05) is 24.5 Å². The molecule has 0 N–H and O–H groups in total. The molecule has 2 heterocycles. The van der Waals surface area contributed by atoms with Gasteiger partial charge in [-0.05, 0) is 24.3 Å². The molecular weight excluding hydrogens is 381 g/mol. The molecule has 0 amide bonds. The van der Waals surface area contributed by atoms with Crippen molar-refractivity contribution in [3.8, 4) is 0 Å².